The van der Waals surface area contributed by atoms with E-state index >= 15 is 0 Å². The van der Waals surface area contributed by atoms with Gasteiger partial charge < -0.3 is 9.84 Å². The van der Waals surface area contributed by atoms with E-state index in [1.165, 1.54) is 18.4 Å². The summed E-state index contributed by atoms with van der Waals surface area (Å²) in [6, 6.07) is 8.01. The zero-order chi connectivity index (χ0) is 14.6. The summed E-state index contributed by atoms with van der Waals surface area (Å²) >= 11 is 0. The van der Waals surface area contributed by atoms with Crippen molar-refractivity contribution in [1.82, 2.24) is 0 Å². The molecular weight excluding hydrogens is 252 g/mol. The first-order chi connectivity index (χ1) is 9.72. The molecule has 0 fully saturated rings. The molecule has 0 unspecified atom stereocenters. The van der Waals surface area contributed by atoms with Crippen LogP contribution >= 0.6 is 0 Å². The smallest absolute Gasteiger partial charge is 0.303 e. The summed E-state index contributed by atoms with van der Waals surface area (Å²) in [7, 11) is 1.67. The van der Waals surface area contributed by atoms with Crippen LogP contribution in [0.2, 0.25) is 0 Å². The molecule has 1 aromatic carbocycles. The molecule has 1 rings (SSSR count). The van der Waals surface area contributed by atoms with Gasteiger partial charge in [-0.2, -0.15) is 0 Å². The van der Waals surface area contributed by atoms with Gasteiger partial charge in [0, 0.05) is 6.42 Å². The largest absolute Gasteiger partial charge is 0.497 e. The molecule has 0 atom stereocenters. The van der Waals surface area contributed by atoms with Gasteiger partial charge in [-0.05, 0) is 37.0 Å². The third-order valence-electron chi connectivity index (χ3n) is 3.19. The SMILES string of the molecule is COc1ccc(C=CCCCCCCCC(=O)O)cc1. The van der Waals surface area contributed by atoms with Crippen molar-refractivity contribution in [3.63, 3.8) is 0 Å². The van der Waals surface area contributed by atoms with Gasteiger partial charge in [0.2, 0.25) is 0 Å². The highest BCUT2D eigenvalue weighted by Gasteiger charge is 1.96. The van der Waals surface area contributed by atoms with Crippen molar-refractivity contribution < 1.29 is 14.6 Å². The lowest BCUT2D eigenvalue weighted by Crippen LogP contribution is -1.93. The van der Waals surface area contributed by atoms with Crippen LogP contribution in [0.1, 0.15) is 50.5 Å². The van der Waals surface area contributed by atoms with Crippen molar-refractivity contribution in [1.29, 1.82) is 0 Å². The van der Waals surface area contributed by atoms with Crippen molar-refractivity contribution in [3.05, 3.63) is 35.9 Å². The standard InChI is InChI=1S/C17H24O3/c1-20-16-13-11-15(12-14-16)9-7-5-3-2-4-6-8-10-17(18)19/h7,9,11-14H,2-6,8,10H2,1H3,(H,18,19). The van der Waals surface area contributed by atoms with Crippen LogP contribution < -0.4 is 4.74 Å². The molecule has 0 aliphatic carbocycles. The molecular formula is C17H24O3. The Bertz CT molecular complexity index is 407. The van der Waals surface area contributed by atoms with Crippen molar-refractivity contribution in [3.8, 4) is 5.75 Å². The van der Waals surface area contributed by atoms with Crippen molar-refractivity contribution in [2.24, 2.45) is 0 Å². The van der Waals surface area contributed by atoms with E-state index < -0.39 is 5.97 Å². The molecule has 0 aliphatic rings. The second-order valence-electron chi connectivity index (χ2n) is 4.88. The molecule has 3 nitrogen and oxygen atoms in total. The minimum absolute atomic E-state index is 0.303. The maximum Gasteiger partial charge on any atom is 0.303 e. The summed E-state index contributed by atoms with van der Waals surface area (Å²) in [5.41, 5.74) is 1.19. The van der Waals surface area contributed by atoms with Crippen LogP contribution in [0.25, 0.3) is 6.08 Å². The van der Waals surface area contributed by atoms with Crippen molar-refractivity contribution in [2.75, 3.05) is 7.11 Å². The fourth-order valence-corrected chi connectivity index (χ4v) is 2.00. The molecule has 0 spiro atoms. The lowest BCUT2D eigenvalue weighted by atomic mass is 10.1. The number of carboxylic acid groups (broad SMARTS) is 1. The maximum atomic E-state index is 10.3. The average molecular weight is 276 g/mol. The third kappa shape index (κ3) is 7.62. The number of methoxy groups -OCH3 is 1. The Hall–Kier alpha value is -1.77. The van der Waals surface area contributed by atoms with E-state index in [1.54, 1.807) is 7.11 Å². The first kappa shape index (κ1) is 16.3. The fourth-order valence-electron chi connectivity index (χ4n) is 2.00. The molecule has 1 aromatic rings. The second kappa shape index (κ2) is 10.1. The number of hydrogen-bond donors (Lipinski definition) is 1. The summed E-state index contributed by atoms with van der Waals surface area (Å²) in [4.78, 5) is 10.3. The number of unbranched alkanes of at least 4 members (excludes halogenated alkanes) is 5. The summed E-state index contributed by atoms with van der Waals surface area (Å²) in [5.74, 6) is 0.191. The van der Waals surface area contributed by atoms with Gasteiger partial charge in [0.25, 0.3) is 0 Å². The maximum absolute atomic E-state index is 10.3. The highest BCUT2D eigenvalue weighted by molar-refractivity contribution is 5.66. The van der Waals surface area contributed by atoms with Gasteiger partial charge in [-0.25, -0.2) is 0 Å². The number of allylic oxidation sites excluding steroid dienone is 1. The van der Waals surface area contributed by atoms with E-state index in [0.717, 1.165) is 31.4 Å². The van der Waals surface area contributed by atoms with Gasteiger partial charge in [0.15, 0.2) is 0 Å². The molecule has 110 valence electrons. The predicted octanol–water partition coefficient (Wildman–Crippen LogP) is 4.52. The Morgan fingerprint density at radius 3 is 2.40 bits per heavy atom. The van der Waals surface area contributed by atoms with Gasteiger partial charge >= 0.3 is 5.97 Å². The number of benzene rings is 1. The average Bonchev–Trinajstić information content (AvgIpc) is 2.46. The third-order valence-corrected chi connectivity index (χ3v) is 3.19. The topological polar surface area (TPSA) is 46.5 Å². The van der Waals surface area contributed by atoms with Crippen LogP contribution in [0.15, 0.2) is 30.3 Å². The van der Waals surface area contributed by atoms with Crippen molar-refractivity contribution in [2.45, 2.75) is 44.9 Å². The zero-order valence-corrected chi connectivity index (χ0v) is 12.2. The Labute approximate surface area is 121 Å². The first-order valence-corrected chi connectivity index (χ1v) is 7.25. The van der Waals surface area contributed by atoms with Crippen LogP contribution in [0, 0.1) is 0 Å². The molecule has 1 N–H and O–H groups in total. The lowest BCUT2D eigenvalue weighted by molar-refractivity contribution is -0.137. The molecule has 0 saturated heterocycles. The number of aliphatic carboxylic acids is 1. The van der Waals surface area contributed by atoms with Crippen LogP contribution in [-0.4, -0.2) is 18.2 Å². The minimum Gasteiger partial charge on any atom is -0.497 e. The van der Waals surface area contributed by atoms with Gasteiger partial charge in [-0.1, -0.05) is 43.5 Å². The molecule has 0 radical (unpaired) electrons. The fraction of sp³-hybridized carbons (Fsp3) is 0.471. The Morgan fingerprint density at radius 1 is 1.10 bits per heavy atom. The van der Waals surface area contributed by atoms with Crippen molar-refractivity contribution >= 4 is 12.0 Å². The monoisotopic (exact) mass is 276 g/mol. The minimum atomic E-state index is -0.688. The van der Waals surface area contributed by atoms with Gasteiger partial charge in [0.05, 0.1) is 7.11 Å². The molecule has 20 heavy (non-hydrogen) atoms. The molecule has 0 saturated carbocycles. The highest BCUT2D eigenvalue weighted by Crippen LogP contribution is 2.13. The lowest BCUT2D eigenvalue weighted by Gasteiger charge is -2.00. The Morgan fingerprint density at radius 2 is 1.75 bits per heavy atom. The van der Waals surface area contributed by atoms with Gasteiger partial charge in [0.1, 0.15) is 5.75 Å². The highest BCUT2D eigenvalue weighted by atomic mass is 16.5. The van der Waals surface area contributed by atoms with E-state index in [9.17, 15) is 4.79 Å². The summed E-state index contributed by atoms with van der Waals surface area (Å²) < 4.78 is 5.11. The van der Waals surface area contributed by atoms with Crippen LogP contribution in [0.4, 0.5) is 0 Å². The number of hydrogen-bond acceptors (Lipinski definition) is 2. The van der Waals surface area contributed by atoms with Crippen LogP contribution in [0.3, 0.4) is 0 Å². The number of rotatable bonds is 10. The Kier molecular flexibility index (Phi) is 8.20. The van der Waals surface area contributed by atoms with E-state index in [2.05, 4.69) is 12.2 Å². The van der Waals surface area contributed by atoms with E-state index in [1.807, 2.05) is 24.3 Å². The summed E-state index contributed by atoms with van der Waals surface area (Å²) in [5, 5.41) is 8.51. The summed E-state index contributed by atoms with van der Waals surface area (Å²) in [6.07, 6.45) is 11.0. The predicted molar refractivity (Wildman–Crippen MR) is 82.0 cm³/mol. The number of carboxylic acids is 1. The van der Waals surface area contributed by atoms with Crippen LogP contribution in [0.5, 0.6) is 5.75 Å². The van der Waals surface area contributed by atoms with Crippen LogP contribution in [-0.2, 0) is 4.79 Å². The molecule has 0 aromatic heterocycles. The molecule has 0 aliphatic heterocycles. The second-order valence-corrected chi connectivity index (χ2v) is 4.88. The van der Waals surface area contributed by atoms with Gasteiger partial charge in [-0.3, -0.25) is 4.79 Å². The van der Waals surface area contributed by atoms with E-state index in [-0.39, 0.29) is 0 Å². The molecule has 3 heteroatoms. The summed E-state index contributed by atoms with van der Waals surface area (Å²) in [6.45, 7) is 0. The molecule has 0 amide bonds. The first-order valence-electron chi connectivity index (χ1n) is 7.25. The number of carbonyl (C=O) groups is 1. The normalized spacial score (nSPS) is 10.8. The zero-order valence-electron chi connectivity index (χ0n) is 12.2. The Balaban J connectivity index is 2.05. The molecule has 0 bridgehead atoms. The van der Waals surface area contributed by atoms with E-state index in [0.29, 0.717) is 6.42 Å². The molecule has 0 heterocycles. The quantitative estimate of drug-likeness (QED) is 0.639. The number of ether oxygens (including phenoxy) is 1. The van der Waals surface area contributed by atoms with E-state index in [4.69, 9.17) is 9.84 Å². The van der Waals surface area contributed by atoms with Gasteiger partial charge in [-0.15, -0.1) is 0 Å².